The summed E-state index contributed by atoms with van der Waals surface area (Å²) in [6.07, 6.45) is 1.25. The van der Waals surface area contributed by atoms with Gasteiger partial charge in [0, 0.05) is 31.6 Å². The molecule has 1 aromatic carbocycles. The zero-order chi connectivity index (χ0) is 21.3. The largest absolute Gasteiger partial charge is 0.380 e. The van der Waals surface area contributed by atoms with Gasteiger partial charge in [0.05, 0.1) is 29.9 Å². The van der Waals surface area contributed by atoms with Gasteiger partial charge in [-0.15, -0.1) is 0 Å². The molecule has 2 heterocycles. The van der Waals surface area contributed by atoms with E-state index in [1.165, 1.54) is 0 Å². The van der Waals surface area contributed by atoms with Gasteiger partial charge in [-0.2, -0.15) is 10.5 Å². The summed E-state index contributed by atoms with van der Waals surface area (Å²) in [5, 5.41) is 23.0. The molecule has 1 saturated heterocycles. The number of carbonyl (C=O) groups excluding carboxylic acids is 1. The van der Waals surface area contributed by atoms with Crippen LogP contribution in [0.15, 0.2) is 29.1 Å². The highest BCUT2D eigenvalue weighted by molar-refractivity contribution is 5.95. The molecule has 8 nitrogen and oxygen atoms in total. The van der Waals surface area contributed by atoms with E-state index in [0.717, 1.165) is 10.9 Å². The summed E-state index contributed by atoms with van der Waals surface area (Å²) in [7, 11) is 0. The summed E-state index contributed by atoms with van der Waals surface area (Å²) in [6, 6.07) is 11.6. The summed E-state index contributed by atoms with van der Waals surface area (Å²) < 4.78 is 6.97. The molecule has 2 aliphatic rings. The Morgan fingerprint density at radius 1 is 1.30 bits per heavy atom. The minimum absolute atomic E-state index is 0.0608. The Bertz CT molecular complexity index is 1130. The lowest BCUT2D eigenvalue weighted by Gasteiger charge is -2.41. The average Bonchev–Trinajstić information content (AvgIpc) is 3.53. The number of fused-ring (bicyclic) bond motifs is 1. The lowest BCUT2D eigenvalue weighted by atomic mass is 10.0. The van der Waals surface area contributed by atoms with Gasteiger partial charge < -0.3 is 19.5 Å². The second kappa shape index (κ2) is 7.81. The highest BCUT2D eigenvalue weighted by Crippen LogP contribution is 2.47. The number of nitriles is 2. The SMILES string of the molecule is CCOCCn1c(=O)c(C#N)c(NC2CN(C(=O)C3(C#N)CC3)C2)c2ccccc21. The minimum atomic E-state index is -0.823. The molecule has 1 aliphatic carbocycles. The molecule has 30 heavy (non-hydrogen) atoms. The number of rotatable bonds is 7. The van der Waals surface area contributed by atoms with Crippen molar-refractivity contribution in [3.05, 3.63) is 40.2 Å². The van der Waals surface area contributed by atoms with Crippen molar-refractivity contribution in [1.29, 1.82) is 10.5 Å². The second-order valence-electron chi connectivity index (χ2n) is 7.78. The van der Waals surface area contributed by atoms with E-state index in [2.05, 4.69) is 17.5 Å². The van der Waals surface area contributed by atoms with Crippen LogP contribution < -0.4 is 10.9 Å². The molecular weight excluding hydrogens is 382 g/mol. The van der Waals surface area contributed by atoms with Gasteiger partial charge in [-0.25, -0.2) is 0 Å². The highest BCUT2D eigenvalue weighted by atomic mass is 16.5. The van der Waals surface area contributed by atoms with Crippen LogP contribution in [0.3, 0.4) is 0 Å². The van der Waals surface area contributed by atoms with Crippen LogP contribution in [0.4, 0.5) is 5.69 Å². The Balaban J connectivity index is 1.60. The third-order valence-corrected chi connectivity index (χ3v) is 5.84. The van der Waals surface area contributed by atoms with Crippen molar-refractivity contribution in [1.82, 2.24) is 9.47 Å². The molecule has 1 aromatic heterocycles. The molecular formula is C22H23N5O3. The maximum absolute atomic E-state index is 13.0. The summed E-state index contributed by atoms with van der Waals surface area (Å²) in [5.74, 6) is -0.111. The number of nitrogens with zero attached hydrogens (tertiary/aromatic N) is 4. The number of amides is 1. The van der Waals surface area contributed by atoms with E-state index in [1.54, 1.807) is 9.47 Å². The number of anilines is 1. The van der Waals surface area contributed by atoms with Gasteiger partial charge in [-0.1, -0.05) is 18.2 Å². The first kappa shape index (κ1) is 19.9. The van der Waals surface area contributed by atoms with Crippen LogP contribution >= 0.6 is 0 Å². The Kier molecular flexibility index (Phi) is 5.19. The number of aromatic nitrogens is 1. The first-order chi connectivity index (χ1) is 14.5. The first-order valence-electron chi connectivity index (χ1n) is 10.1. The molecule has 0 radical (unpaired) electrons. The molecule has 1 saturated carbocycles. The van der Waals surface area contributed by atoms with Crippen molar-refractivity contribution in [2.75, 3.05) is 31.6 Å². The Hall–Kier alpha value is -3.36. The normalized spacial score (nSPS) is 17.1. The zero-order valence-corrected chi connectivity index (χ0v) is 16.9. The molecule has 8 heteroatoms. The van der Waals surface area contributed by atoms with E-state index < -0.39 is 5.41 Å². The van der Waals surface area contributed by atoms with Gasteiger partial charge >= 0.3 is 0 Å². The van der Waals surface area contributed by atoms with Crippen molar-refractivity contribution in [3.8, 4) is 12.1 Å². The fourth-order valence-electron chi connectivity index (χ4n) is 3.92. The number of hydrogen-bond donors (Lipinski definition) is 1. The van der Waals surface area contributed by atoms with Crippen molar-refractivity contribution in [2.45, 2.75) is 32.4 Å². The second-order valence-corrected chi connectivity index (χ2v) is 7.78. The topological polar surface area (TPSA) is 111 Å². The first-order valence-corrected chi connectivity index (χ1v) is 10.1. The molecule has 1 amide bonds. The van der Waals surface area contributed by atoms with Gasteiger partial charge in [-0.05, 0) is 25.8 Å². The molecule has 2 fully saturated rings. The standard InChI is InChI=1S/C22H23N5O3/c1-2-30-10-9-27-18-6-4-3-5-16(18)19(17(11-23)20(27)28)25-15-12-26(13-15)21(29)22(14-24)7-8-22/h3-6,15,25H,2,7-10,12-13H2,1H3. The van der Waals surface area contributed by atoms with Gasteiger partial charge in [0.2, 0.25) is 5.91 Å². The third-order valence-electron chi connectivity index (χ3n) is 5.84. The number of ether oxygens (including phenoxy) is 1. The van der Waals surface area contributed by atoms with Gasteiger partial charge in [0.25, 0.3) is 5.56 Å². The number of pyridine rings is 1. The van der Waals surface area contributed by atoms with Crippen LogP contribution in [0.25, 0.3) is 10.9 Å². The minimum Gasteiger partial charge on any atom is -0.380 e. The Morgan fingerprint density at radius 3 is 2.67 bits per heavy atom. The van der Waals surface area contributed by atoms with Crippen LogP contribution in [0.2, 0.25) is 0 Å². The predicted octanol–water partition coefficient (Wildman–Crippen LogP) is 1.84. The summed E-state index contributed by atoms with van der Waals surface area (Å²) in [4.78, 5) is 27.1. The fourth-order valence-corrected chi connectivity index (χ4v) is 3.92. The highest BCUT2D eigenvalue weighted by Gasteiger charge is 2.54. The molecule has 154 valence electrons. The van der Waals surface area contributed by atoms with Crippen molar-refractivity contribution >= 4 is 22.5 Å². The third kappa shape index (κ3) is 3.30. The fraction of sp³-hybridized carbons (Fsp3) is 0.455. The van der Waals surface area contributed by atoms with Gasteiger partial charge in [-0.3, -0.25) is 9.59 Å². The van der Waals surface area contributed by atoms with Gasteiger partial charge in [0.1, 0.15) is 17.0 Å². The predicted molar refractivity (Wildman–Crippen MR) is 111 cm³/mol. The average molecular weight is 405 g/mol. The Labute approximate surface area is 174 Å². The molecule has 0 unspecified atom stereocenters. The van der Waals surface area contributed by atoms with Gasteiger partial charge in [0.15, 0.2) is 0 Å². The van der Waals surface area contributed by atoms with Crippen LogP contribution in [-0.2, 0) is 16.1 Å². The van der Waals surface area contributed by atoms with E-state index in [4.69, 9.17) is 4.74 Å². The van der Waals surface area contributed by atoms with Crippen molar-refractivity contribution < 1.29 is 9.53 Å². The van der Waals surface area contributed by atoms with Crippen LogP contribution in [0.1, 0.15) is 25.3 Å². The Morgan fingerprint density at radius 2 is 2.03 bits per heavy atom. The smallest absolute Gasteiger partial charge is 0.271 e. The summed E-state index contributed by atoms with van der Waals surface area (Å²) in [6.45, 7) is 4.11. The number of likely N-dealkylation sites (tertiary alicyclic amines) is 1. The molecule has 2 aromatic rings. The molecule has 1 N–H and O–H groups in total. The number of benzene rings is 1. The van der Waals surface area contributed by atoms with Crippen molar-refractivity contribution in [3.63, 3.8) is 0 Å². The molecule has 0 spiro atoms. The summed E-state index contributed by atoms with van der Waals surface area (Å²) in [5.41, 5.74) is 0.121. The number of carbonyl (C=O) groups is 1. The van der Waals surface area contributed by atoms with Crippen LogP contribution in [-0.4, -0.2) is 47.7 Å². The van der Waals surface area contributed by atoms with E-state index >= 15 is 0 Å². The van der Waals surface area contributed by atoms with Crippen LogP contribution in [0, 0.1) is 28.1 Å². The molecule has 4 rings (SSSR count). The molecule has 0 atom stereocenters. The maximum Gasteiger partial charge on any atom is 0.271 e. The number of nitrogens with one attached hydrogen (secondary N) is 1. The monoisotopic (exact) mass is 405 g/mol. The number of para-hydroxylation sites is 1. The zero-order valence-electron chi connectivity index (χ0n) is 16.9. The van der Waals surface area contributed by atoms with E-state index in [0.29, 0.717) is 51.4 Å². The number of hydrogen-bond acceptors (Lipinski definition) is 6. The van der Waals surface area contributed by atoms with Crippen molar-refractivity contribution in [2.24, 2.45) is 5.41 Å². The lowest BCUT2D eigenvalue weighted by Crippen LogP contribution is -2.58. The van der Waals surface area contributed by atoms with Crippen LogP contribution in [0.5, 0.6) is 0 Å². The van der Waals surface area contributed by atoms with E-state index in [-0.39, 0.29) is 23.1 Å². The van der Waals surface area contributed by atoms with E-state index in [9.17, 15) is 20.1 Å². The van der Waals surface area contributed by atoms with E-state index in [1.807, 2.05) is 31.2 Å². The lowest BCUT2D eigenvalue weighted by molar-refractivity contribution is -0.139. The quantitative estimate of drug-likeness (QED) is 0.704. The summed E-state index contributed by atoms with van der Waals surface area (Å²) >= 11 is 0. The maximum atomic E-state index is 13.0. The molecule has 0 bridgehead atoms. The molecule has 1 aliphatic heterocycles.